The number of carbonyl (C=O) groups is 3. The van der Waals surface area contributed by atoms with Gasteiger partial charge in [0.25, 0.3) is 5.91 Å². The van der Waals surface area contributed by atoms with E-state index in [2.05, 4.69) is 24.9 Å². The fourth-order valence-corrected chi connectivity index (χ4v) is 6.24. The fourth-order valence-electron chi connectivity index (χ4n) is 6.24. The van der Waals surface area contributed by atoms with Gasteiger partial charge in [-0.1, -0.05) is 49.6 Å². The summed E-state index contributed by atoms with van der Waals surface area (Å²) in [6.45, 7) is 0. The molecule has 0 saturated heterocycles. The quantitative estimate of drug-likeness (QED) is 0.237. The molecule has 13 heteroatoms. The molecule has 1 atom stereocenters. The van der Waals surface area contributed by atoms with Crippen LogP contribution < -0.4 is 15.1 Å². The number of aromatic nitrogens is 2. The molecule has 4 aromatic rings. The monoisotopic (exact) mass is 621 g/mol. The van der Waals surface area contributed by atoms with Crippen LogP contribution in [-0.2, 0) is 20.0 Å². The smallest absolute Gasteiger partial charge is 0.453 e. The number of esters is 1. The third-order valence-electron chi connectivity index (χ3n) is 8.41. The average Bonchev–Trinajstić information content (AvgIpc) is 3.56. The van der Waals surface area contributed by atoms with Gasteiger partial charge in [-0.2, -0.15) is 13.2 Å². The first-order valence-electron chi connectivity index (χ1n) is 14.5. The number of benzene rings is 3. The van der Waals surface area contributed by atoms with Crippen LogP contribution in [-0.4, -0.2) is 54.3 Å². The summed E-state index contributed by atoms with van der Waals surface area (Å²) >= 11 is 0. The van der Waals surface area contributed by atoms with Crippen molar-refractivity contribution in [2.75, 3.05) is 29.3 Å². The molecule has 2 aliphatic rings. The summed E-state index contributed by atoms with van der Waals surface area (Å²) in [5.41, 5.74) is -0.512. The highest BCUT2D eigenvalue weighted by atomic mass is 19.4. The summed E-state index contributed by atoms with van der Waals surface area (Å²) in [6, 6.07) is 17.7. The van der Waals surface area contributed by atoms with Crippen LogP contribution in [0.15, 0.2) is 66.7 Å². The summed E-state index contributed by atoms with van der Waals surface area (Å²) < 4.78 is 51.9. The normalized spacial score (nSPS) is 18.5. The van der Waals surface area contributed by atoms with Gasteiger partial charge in [-0.25, -0.2) is 14.6 Å². The van der Waals surface area contributed by atoms with Crippen LogP contribution in [0.2, 0.25) is 0 Å². The Bertz CT molecular complexity index is 1780. The lowest BCUT2D eigenvalue weighted by atomic mass is 9.92. The van der Waals surface area contributed by atoms with E-state index < -0.39 is 29.9 Å². The molecule has 45 heavy (non-hydrogen) atoms. The lowest BCUT2D eigenvalue weighted by molar-refractivity contribution is -0.211. The van der Waals surface area contributed by atoms with Crippen LogP contribution in [0, 0.1) is 0 Å². The summed E-state index contributed by atoms with van der Waals surface area (Å²) in [7, 11) is 3.14. The van der Waals surface area contributed by atoms with Crippen molar-refractivity contribution in [1.29, 1.82) is 0 Å². The highest BCUT2D eigenvalue weighted by Crippen LogP contribution is 2.49. The summed E-state index contributed by atoms with van der Waals surface area (Å²) in [4.78, 5) is 49.0. The minimum absolute atomic E-state index is 0.0218. The van der Waals surface area contributed by atoms with E-state index in [9.17, 15) is 27.6 Å². The number of anilines is 3. The van der Waals surface area contributed by atoms with Crippen LogP contribution in [0.4, 0.5) is 35.3 Å². The molecule has 2 amide bonds. The first kappa shape index (κ1) is 30.0. The average molecular weight is 622 g/mol. The van der Waals surface area contributed by atoms with Gasteiger partial charge in [0, 0.05) is 35.5 Å². The molecule has 3 aromatic carbocycles. The van der Waals surface area contributed by atoms with Gasteiger partial charge in [0.05, 0.1) is 23.8 Å². The molecule has 0 radical (unpaired) electrons. The maximum atomic E-state index is 14.2. The molecular formula is C32H30F3N5O5. The van der Waals surface area contributed by atoms with Gasteiger partial charge >= 0.3 is 18.2 Å². The van der Waals surface area contributed by atoms with Gasteiger partial charge in [-0.15, -0.1) is 0 Å². The molecule has 1 aliphatic heterocycles. The van der Waals surface area contributed by atoms with Crippen molar-refractivity contribution in [2.24, 2.45) is 0 Å². The van der Waals surface area contributed by atoms with Gasteiger partial charge < -0.3 is 19.4 Å². The number of alkyl halides is 3. The lowest BCUT2D eigenvalue weighted by Gasteiger charge is -2.39. The van der Waals surface area contributed by atoms with Crippen LogP contribution in [0.3, 0.4) is 0 Å². The SMILES string of the molecule is COC(=O)Nc1nc2ccc(C3(OC(=O)C(F)(F)F)c4ccccc4C(=O)N3c3cccc(N(C)C4CCCCC4)c3)cc2[nH]1. The number of hydrogen-bond acceptors (Lipinski definition) is 7. The van der Waals surface area contributed by atoms with Crippen molar-refractivity contribution in [3.05, 3.63) is 83.4 Å². The first-order chi connectivity index (χ1) is 21.5. The number of hydrogen-bond donors (Lipinski definition) is 2. The number of aromatic amines is 1. The second kappa shape index (κ2) is 11.5. The molecule has 10 nitrogen and oxygen atoms in total. The third-order valence-corrected chi connectivity index (χ3v) is 8.41. The molecule has 0 spiro atoms. The molecule has 234 valence electrons. The Morgan fingerprint density at radius 2 is 1.80 bits per heavy atom. The van der Waals surface area contributed by atoms with E-state index >= 15 is 0 Å². The van der Waals surface area contributed by atoms with Crippen molar-refractivity contribution < 1.29 is 37.0 Å². The Labute approximate surface area is 256 Å². The van der Waals surface area contributed by atoms with Gasteiger partial charge in [-0.05, 0) is 49.2 Å². The third kappa shape index (κ3) is 5.32. The minimum atomic E-state index is -5.36. The number of H-pyrrole nitrogens is 1. The van der Waals surface area contributed by atoms with Crippen LogP contribution >= 0.6 is 0 Å². The Hall–Kier alpha value is -5.07. The second-order valence-electron chi connectivity index (χ2n) is 11.1. The molecule has 1 fully saturated rings. The molecule has 1 aromatic heterocycles. The zero-order chi connectivity index (χ0) is 31.9. The second-order valence-corrected chi connectivity index (χ2v) is 11.1. The number of amides is 2. The first-order valence-corrected chi connectivity index (χ1v) is 14.5. The minimum Gasteiger partial charge on any atom is -0.453 e. The maximum Gasteiger partial charge on any atom is 0.491 e. The van der Waals surface area contributed by atoms with Crippen molar-refractivity contribution >= 4 is 46.3 Å². The number of halogens is 3. The van der Waals surface area contributed by atoms with Gasteiger partial charge in [0.15, 0.2) is 0 Å². The van der Waals surface area contributed by atoms with E-state index in [4.69, 9.17) is 4.74 Å². The lowest BCUT2D eigenvalue weighted by Crippen LogP contribution is -2.50. The van der Waals surface area contributed by atoms with Crippen LogP contribution in [0.5, 0.6) is 0 Å². The Balaban J connectivity index is 1.54. The highest BCUT2D eigenvalue weighted by molar-refractivity contribution is 6.13. The molecule has 1 aliphatic carbocycles. The predicted molar refractivity (Wildman–Crippen MR) is 160 cm³/mol. The molecule has 2 N–H and O–H groups in total. The number of rotatable bonds is 6. The molecular weight excluding hydrogens is 591 g/mol. The molecule has 6 rings (SSSR count). The van der Waals surface area contributed by atoms with Gasteiger partial charge in [-0.3, -0.25) is 15.0 Å². The molecule has 1 saturated carbocycles. The maximum absolute atomic E-state index is 14.2. The topological polar surface area (TPSA) is 117 Å². The van der Waals surface area contributed by atoms with Crippen LogP contribution in [0.1, 0.15) is 53.6 Å². The molecule has 0 bridgehead atoms. The number of ether oxygens (including phenoxy) is 2. The van der Waals surface area contributed by atoms with E-state index in [0.29, 0.717) is 11.0 Å². The number of imidazole rings is 1. The molecule has 2 heterocycles. The zero-order valence-corrected chi connectivity index (χ0v) is 24.5. The van der Waals surface area contributed by atoms with E-state index in [0.717, 1.165) is 36.3 Å². The predicted octanol–water partition coefficient (Wildman–Crippen LogP) is 6.48. The number of nitrogens with zero attached hydrogens (tertiary/aromatic N) is 3. The van der Waals surface area contributed by atoms with E-state index in [1.54, 1.807) is 30.3 Å². The Morgan fingerprint density at radius 3 is 2.53 bits per heavy atom. The Kier molecular flexibility index (Phi) is 7.63. The van der Waals surface area contributed by atoms with E-state index in [1.807, 2.05) is 13.1 Å². The highest BCUT2D eigenvalue weighted by Gasteiger charge is 2.58. The van der Waals surface area contributed by atoms with Crippen LogP contribution in [0.25, 0.3) is 11.0 Å². The summed E-state index contributed by atoms with van der Waals surface area (Å²) in [6.07, 6.45) is -0.797. The van der Waals surface area contributed by atoms with Crippen molar-refractivity contribution in [1.82, 2.24) is 9.97 Å². The zero-order valence-electron chi connectivity index (χ0n) is 24.5. The van der Waals surface area contributed by atoms with Gasteiger partial charge in [0.1, 0.15) is 0 Å². The molecule has 1 unspecified atom stereocenters. The standard InChI is InChI=1S/C32H30F3N5O5/c1-39(20-9-4-3-5-10-20)21-11-8-12-22(18-21)40-27(41)23-13-6-7-14-24(23)31(40,45-28(42)32(33,34)35)19-15-16-25-26(17-19)37-29(36-25)38-30(43)44-2/h6-8,11-18,20H,3-5,9-10H2,1-2H3,(H2,36,37,38,43). The largest absolute Gasteiger partial charge is 0.491 e. The number of nitrogens with one attached hydrogen (secondary N) is 2. The number of methoxy groups -OCH3 is 1. The van der Waals surface area contributed by atoms with Crippen molar-refractivity contribution in [2.45, 2.75) is 50.0 Å². The fraction of sp³-hybridized carbons (Fsp3) is 0.312. The van der Waals surface area contributed by atoms with Crippen molar-refractivity contribution in [3.63, 3.8) is 0 Å². The van der Waals surface area contributed by atoms with Gasteiger partial charge in [0.2, 0.25) is 11.7 Å². The summed E-state index contributed by atoms with van der Waals surface area (Å²) in [5.74, 6) is -3.09. The number of carbonyl (C=O) groups excluding carboxylic acids is 3. The van der Waals surface area contributed by atoms with E-state index in [-0.39, 0.29) is 34.4 Å². The Morgan fingerprint density at radius 1 is 1.04 bits per heavy atom. The van der Waals surface area contributed by atoms with Crippen molar-refractivity contribution in [3.8, 4) is 0 Å². The van der Waals surface area contributed by atoms with E-state index in [1.165, 1.54) is 43.9 Å². The number of fused-ring (bicyclic) bond motifs is 2. The summed E-state index contributed by atoms with van der Waals surface area (Å²) in [5, 5.41) is 2.40.